The van der Waals surface area contributed by atoms with Gasteiger partial charge in [0.25, 0.3) is 0 Å². The zero-order valence-electron chi connectivity index (χ0n) is 10.0. The van der Waals surface area contributed by atoms with Crippen molar-refractivity contribution in [3.05, 3.63) is 0 Å². The summed E-state index contributed by atoms with van der Waals surface area (Å²) in [5, 5.41) is 13.4. The molecule has 1 amide bonds. The zero-order chi connectivity index (χ0) is 13.5. The van der Waals surface area contributed by atoms with Crippen LogP contribution in [0.25, 0.3) is 0 Å². The van der Waals surface area contributed by atoms with E-state index in [4.69, 9.17) is 5.11 Å². The highest BCUT2D eigenvalue weighted by molar-refractivity contribution is 5.78. The number of alkyl halides is 3. The van der Waals surface area contributed by atoms with Gasteiger partial charge in [-0.15, -0.1) is 0 Å². The molecule has 0 radical (unpaired) electrons. The van der Waals surface area contributed by atoms with Gasteiger partial charge in [-0.05, 0) is 19.8 Å². The second-order valence-electron chi connectivity index (χ2n) is 4.13. The Balaban J connectivity index is 3.97. The monoisotopic (exact) mass is 256 g/mol. The molecule has 0 saturated heterocycles. The molecule has 0 heterocycles. The van der Waals surface area contributed by atoms with Crippen LogP contribution in [0.3, 0.4) is 0 Å². The van der Waals surface area contributed by atoms with E-state index in [9.17, 15) is 18.0 Å². The van der Waals surface area contributed by atoms with Gasteiger partial charge in [-0.3, -0.25) is 4.79 Å². The maximum atomic E-state index is 11.8. The summed E-state index contributed by atoms with van der Waals surface area (Å²) >= 11 is 0. The molecule has 0 aliphatic rings. The molecular formula is C10H19F3N2O2. The van der Waals surface area contributed by atoms with Crippen LogP contribution in [0.5, 0.6) is 0 Å². The van der Waals surface area contributed by atoms with Gasteiger partial charge in [0.2, 0.25) is 5.91 Å². The van der Waals surface area contributed by atoms with E-state index in [1.165, 1.54) is 0 Å². The maximum absolute atomic E-state index is 11.8. The third-order valence-corrected chi connectivity index (χ3v) is 2.61. The molecule has 0 aliphatic carbocycles. The number of hydrogen-bond donors (Lipinski definition) is 3. The summed E-state index contributed by atoms with van der Waals surface area (Å²) in [5.74, 6) is -0.708. The largest absolute Gasteiger partial charge is 0.405 e. The van der Waals surface area contributed by atoms with Gasteiger partial charge >= 0.3 is 6.18 Å². The van der Waals surface area contributed by atoms with Gasteiger partial charge in [0.15, 0.2) is 0 Å². The SMILES string of the molecule is CCC(C)(CCO)NCC(=O)NCC(F)(F)F. The Morgan fingerprint density at radius 3 is 2.35 bits per heavy atom. The third kappa shape index (κ3) is 7.98. The van der Waals surface area contributed by atoms with E-state index in [1.807, 2.05) is 6.92 Å². The van der Waals surface area contributed by atoms with Crippen molar-refractivity contribution in [2.45, 2.75) is 38.4 Å². The Bertz CT molecular complexity index is 246. The number of hydrogen-bond acceptors (Lipinski definition) is 3. The van der Waals surface area contributed by atoms with Gasteiger partial charge in [-0.2, -0.15) is 13.2 Å². The van der Waals surface area contributed by atoms with Crippen molar-refractivity contribution in [3.8, 4) is 0 Å². The zero-order valence-corrected chi connectivity index (χ0v) is 10.0. The minimum absolute atomic E-state index is 0.0402. The number of aliphatic hydroxyl groups is 1. The standard InChI is InChI=1S/C10H19F3N2O2/c1-3-9(2,4-5-16)15-6-8(17)14-7-10(11,12)13/h15-16H,3-7H2,1-2H3,(H,14,17). The Hall–Kier alpha value is -0.820. The van der Waals surface area contributed by atoms with Gasteiger partial charge in [0.05, 0.1) is 6.54 Å². The average Bonchev–Trinajstić information content (AvgIpc) is 2.23. The second-order valence-corrected chi connectivity index (χ2v) is 4.13. The third-order valence-electron chi connectivity index (χ3n) is 2.61. The van der Waals surface area contributed by atoms with Crippen LogP contribution in [0.1, 0.15) is 26.7 Å². The predicted octanol–water partition coefficient (Wildman–Crippen LogP) is 0.806. The lowest BCUT2D eigenvalue weighted by Crippen LogP contribution is -2.48. The van der Waals surface area contributed by atoms with Crippen molar-refractivity contribution in [2.75, 3.05) is 19.7 Å². The van der Waals surface area contributed by atoms with E-state index in [0.29, 0.717) is 12.8 Å². The van der Waals surface area contributed by atoms with Gasteiger partial charge in [-0.25, -0.2) is 0 Å². The van der Waals surface area contributed by atoms with Crippen LogP contribution in [-0.4, -0.2) is 42.4 Å². The summed E-state index contributed by atoms with van der Waals surface area (Å²) in [6, 6.07) is 0. The topological polar surface area (TPSA) is 61.4 Å². The summed E-state index contributed by atoms with van der Waals surface area (Å²) in [6.07, 6.45) is -3.29. The molecule has 3 N–H and O–H groups in total. The van der Waals surface area contributed by atoms with Crippen LogP contribution in [0.15, 0.2) is 0 Å². The summed E-state index contributed by atoms with van der Waals surface area (Å²) in [7, 11) is 0. The fourth-order valence-electron chi connectivity index (χ4n) is 1.19. The molecule has 0 fully saturated rings. The van der Waals surface area contributed by atoms with Crippen LogP contribution in [0, 0.1) is 0 Å². The van der Waals surface area contributed by atoms with Crippen LogP contribution in [0.4, 0.5) is 13.2 Å². The minimum atomic E-state index is -4.39. The molecule has 1 unspecified atom stereocenters. The van der Waals surface area contributed by atoms with E-state index in [1.54, 1.807) is 12.2 Å². The number of rotatable bonds is 7. The normalized spacial score (nSPS) is 15.4. The van der Waals surface area contributed by atoms with Gasteiger partial charge in [-0.1, -0.05) is 6.92 Å². The van der Waals surface area contributed by atoms with Crippen molar-refractivity contribution < 1.29 is 23.1 Å². The van der Waals surface area contributed by atoms with Crippen molar-refractivity contribution >= 4 is 5.91 Å². The molecule has 0 aromatic rings. The minimum Gasteiger partial charge on any atom is -0.396 e. The lowest BCUT2D eigenvalue weighted by Gasteiger charge is -2.28. The molecule has 0 rings (SSSR count). The van der Waals surface area contributed by atoms with Gasteiger partial charge in [0, 0.05) is 12.1 Å². The summed E-state index contributed by atoms with van der Waals surface area (Å²) in [4.78, 5) is 11.1. The predicted molar refractivity (Wildman–Crippen MR) is 57.5 cm³/mol. The van der Waals surface area contributed by atoms with Crippen molar-refractivity contribution in [3.63, 3.8) is 0 Å². The first-order valence-electron chi connectivity index (χ1n) is 5.42. The Morgan fingerprint density at radius 1 is 1.35 bits per heavy atom. The lowest BCUT2D eigenvalue weighted by atomic mass is 9.95. The molecule has 0 saturated carbocycles. The van der Waals surface area contributed by atoms with E-state index < -0.39 is 24.2 Å². The molecule has 102 valence electrons. The molecule has 0 aromatic heterocycles. The highest BCUT2D eigenvalue weighted by Crippen LogP contribution is 2.13. The Labute approximate surface area is 98.6 Å². The van der Waals surface area contributed by atoms with Gasteiger partial charge in [0.1, 0.15) is 6.54 Å². The van der Waals surface area contributed by atoms with E-state index >= 15 is 0 Å². The average molecular weight is 256 g/mol. The summed E-state index contributed by atoms with van der Waals surface area (Å²) in [6.45, 7) is 2.12. The highest BCUT2D eigenvalue weighted by atomic mass is 19.4. The quantitative estimate of drug-likeness (QED) is 0.631. The fraction of sp³-hybridized carbons (Fsp3) is 0.900. The first-order valence-corrected chi connectivity index (χ1v) is 5.42. The maximum Gasteiger partial charge on any atom is 0.405 e. The number of aliphatic hydroxyl groups excluding tert-OH is 1. The molecule has 1 atom stereocenters. The first kappa shape index (κ1) is 16.2. The highest BCUT2D eigenvalue weighted by Gasteiger charge is 2.28. The van der Waals surface area contributed by atoms with E-state index in [-0.39, 0.29) is 13.2 Å². The number of amides is 1. The first-order chi connectivity index (χ1) is 7.72. The van der Waals surface area contributed by atoms with Crippen molar-refractivity contribution in [2.24, 2.45) is 0 Å². The van der Waals surface area contributed by atoms with Crippen LogP contribution < -0.4 is 10.6 Å². The van der Waals surface area contributed by atoms with Crippen LogP contribution >= 0.6 is 0 Å². The summed E-state index contributed by atoms with van der Waals surface area (Å²) < 4.78 is 35.4. The Kier molecular flexibility index (Phi) is 6.48. The molecule has 4 nitrogen and oxygen atoms in total. The molecular weight excluding hydrogens is 237 g/mol. The number of halogens is 3. The van der Waals surface area contributed by atoms with Crippen LogP contribution in [-0.2, 0) is 4.79 Å². The molecule has 0 bridgehead atoms. The molecule has 0 spiro atoms. The van der Waals surface area contributed by atoms with Crippen LogP contribution in [0.2, 0.25) is 0 Å². The van der Waals surface area contributed by atoms with Crippen molar-refractivity contribution in [1.82, 2.24) is 10.6 Å². The smallest absolute Gasteiger partial charge is 0.396 e. The number of carbonyl (C=O) groups is 1. The molecule has 0 aliphatic heterocycles. The lowest BCUT2D eigenvalue weighted by molar-refractivity contribution is -0.138. The molecule has 0 aromatic carbocycles. The van der Waals surface area contributed by atoms with Crippen molar-refractivity contribution in [1.29, 1.82) is 0 Å². The fourth-order valence-corrected chi connectivity index (χ4v) is 1.19. The van der Waals surface area contributed by atoms with E-state index in [0.717, 1.165) is 0 Å². The van der Waals surface area contributed by atoms with Gasteiger partial charge < -0.3 is 15.7 Å². The Morgan fingerprint density at radius 2 is 1.94 bits per heavy atom. The number of carbonyl (C=O) groups excluding carboxylic acids is 1. The number of nitrogens with one attached hydrogen (secondary N) is 2. The van der Waals surface area contributed by atoms with E-state index in [2.05, 4.69) is 5.32 Å². The second kappa shape index (κ2) is 6.80. The molecule has 7 heteroatoms. The molecule has 17 heavy (non-hydrogen) atoms. The summed E-state index contributed by atoms with van der Waals surface area (Å²) in [5.41, 5.74) is -0.440.